The minimum Gasteiger partial charge on any atom is -0.392 e. The molecule has 2 rings (SSSR count). The van der Waals surface area contributed by atoms with E-state index in [1.165, 1.54) is 12.8 Å². The molecule has 2 fully saturated rings. The molecule has 1 saturated heterocycles. The van der Waals surface area contributed by atoms with Crippen molar-refractivity contribution in [3.63, 3.8) is 0 Å². The van der Waals surface area contributed by atoms with Crippen LogP contribution in [0.25, 0.3) is 0 Å². The normalized spacial score (nSPS) is 47.7. The van der Waals surface area contributed by atoms with E-state index in [1.807, 2.05) is 0 Å². The predicted molar refractivity (Wildman–Crippen MR) is 44.3 cm³/mol. The van der Waals surface area contributed by atoms with Crippen molar-refractivity contribution >= 4 is 0 Å². The molecule has 1 aliphatic carbocycles. The molecule has 2 heteroatoms. The van der Waals surface area contributed by atoms with E-state index < -0.39 is 0 Å². The zero-order valence-electron chi connectivity index (χ0n) is 7.30. The van der Waals surface area contributed by atoms with E-state index in [9.17, 15) is 5.11 Å². The molecule has 0 radical (unpaired) electrons. The van der Waals surface area contributed by atoms with Crippen molar-refractivity contribution in [2.75, 3.05) is 6.54 Å². The van der Waals surface area contributed by atoms with Crippen LogP contribution >= 0.6 is 0 Å². The van der Waals surface area contributed by atoms with Gasteiger partial charge >= 0.3 is 0 Å². The highest BCUT2D eigenvalue weighted by Crippen LogP contribution is 2.48. The Kier molecular flexibility index (Phi) is 1.52. The molecule has 3 unspecified atom stereocenters. The maximum atomic E-state index is 9.73. The molecule has 0 spiro atoms. The van der Waals surface area contributed by atoms with Crippen molar-refractivity contribution in [3.8, 4) is 0 Å². The summed E-state index contributed by atoms with van der Waals surface area (Å²) >= 11 is 0. The Bertz CT molecular complexity index is 167. The molecule has 2 N–H and O–H groups in total. The number of hydrogen-bond acceptors (Lipinski definition) is 2. The first-order valence-corrected chi connectivity index (χ1v) is 4.55. The molecule has 64 valence electrons. The van der Waals surface area contributed by atoms with Crippen LogP contribution in [0.4, 0.5) is 0 Å². The van der Waals surface area contributed by atoms with E-state index in [0.717, 1.165) is 6.54 Å². The highest BCUT2D eigenvalue weighted by molar-refractivity contribution is 5.09. The molecule has 3 atom stereocenters. The largest absolute Gasteiger partial charge is 0.392 e. The van der Waals surface area contributed by atoms with Gasteiger partial charge in [-0.2, -0.15) is 0 Å². The van der Waals surface area contributed by atoms with Crippen molar-refractivity contribution in [3.05, 3.63) is 0 Å². The maximum Gasteiger partial charge on any atom is 0.0649 e. The average Bonchev–Trinajstić information content (AvgIpc) is 2.04. The highest BCUT2D eigenvalue weighted by atomic mass is 16.3. The Labute approximate surface area is 68.0 Å². The molecule has 0 aromatic heterocycles. The summed E-state index contributed by atoms with van der Waals surface area (Å²) in [6.07, 6.45) is 2.37. The Morgan fingerprint density at radius 1 is 1.45 bits per heavy atom. The van der Waals surface area contributed by atoms with E-state index in [-0.39, 0.29) is 11.5 Å². The van der Waals surface area contributed by atoms with Crippen molar-refractivity contribution in [2.24, 2.45) is 11.3 Å². The van der Waals surface area contributed by atoms with E-state index in [4.69, 9.17) is 0 Å². The second-order valence-electron chi connectivity index (χ2n) is 4.50. The molecule has 1 heterocycles. The van der Waals surface area contributed by atoms with Crippen LogP contribution in [0.3, 0.4) is 0 Å². The highest BCUT2D eigenvalue weighted by Gasteiger charge is 2.55. The molecule has 2 nitrogen and oxygen atoms in total. The molecular weight excluding hydrogens is 138 g/mol. The van der Waals surface area contributed by atoms with Crippen LogP contribution in [-0.4, -0.2) is 23.8 Å². The summed E-state index contributed by atoms with van der Waals surface area (Å²) in [5.74, 6) is 0.541. The van der Waals surface area contributed by atoms with Gasteiger partial charge in [0.05, 0.1) is 6.10 Å². The monoisotopic (exact) mass is 155 g/mol. The third-order valence-corrected chi connectivity index (χ3v) is 3.48. The molecule has 0 bridgehead atoms. The fraction of sp³-hybridized carbons (Fsp3) is 1.00. The zero-order chi connectivity index (χ0) is 8.06. The van der Waals surface area contributed by atoms with Crippen LogP contribution in [0.15, 0.2) is 0 Å². The van der Waals surface area contributed by atoms with Crippen molar-refractivity contribution in [1.82, 2.24) is 5.32 Å². The van der Waals surface area contributed by atoms with Gasteiger partial charge in [0.2, 0.25) is 0 Å². The summed E-state index contributed by atoms with van der Waals surface area (Å²) in [7, 11) is 0. The Hall–Kier alpha value is -0.0800. The van der Waals surface area contributed by atoms with Gasteiger partial charge in [-0.3, -0.25) is 0 Å². The summed E-state index contributed by atoms with van der Waals surface area (Å²) in [4.78, 5) is 0. The molecule has 1 aliphatic heterocycles. The van der Waals surface area contributed by atoms with Gasteiger partial charge in [-0.1, -0.05) is 13.8 Å². The van der Waals surface area contributed by atoms with E-state index in [1.54, 1.807) is 0 Å². The van der Waals surface area contributed by atoms with Gasteiger partial charge in [0.15, 0.2) is 0 Å². The molecule has 1 saturated carbocycles. The van der Waals surface area contributed by atoms with E-state index in [0.29, 0.717) is 12.0 Å². The second kappa shape index (κ2) is 2.20. The van der Waals surface area contributed by atoms with Crippen LogP contribution in [0.1, 0.15) is 26.7 Å². The number of fused-ring (bicyclic) bond motifs is 1. The van der Waals surface area contributed by atoms with Gasteiger partial charge in [0, 0.05) is 17.4 Å². The number of hydrogen-bond donors (Lipinski definition) is 2. The van der Waals surface area contributed by atoms with Crippen LogP contribution in [0.5, 0.6) is 0 Å². The lowest BCUT2D eigenvalue weighted by Gasteiger charge is -2.58. The zero-order valence-corrected chi connectivity index (χ0v) is 7.30. The smallest absolute Gasteiger partial charge is 0.0649 e. The van der Waals surface area contributed by atoms with Crippen molar-refractivity contribution < 1.29 is 5.11 Å². The lowest BCUT2D eigenvalue weighted by Crippen LogP contribution is -2.69. The van der Waals surface area contributed by atoms with Gasteiger partial charge in [-0.05, 0) is 19.4 Å². The molecule has 11 heavy (non-hydrogen) atoms. The lowest BCUT2D eigenvalue weighted by atomic mass is 9.55. The quantitative estimate of drug-likeness (QED) is 0.541. The molecule has 0 aromatic carbocycles. The third-order valence-electron chi connectivity index (χ3n) is 3.48. The van der Waals surface area contributed by atoms with Gasteiger partial charge in [-0.25, -0.2) is 0 Å². The summed E-state index contributed by atoms with van der Waals surface area (Å²) in [6.45, 7) is 5.44. The van der Waals surface area contributed by atoms with Gasteiger partial charge in [-0.15, -0.1) is 0 Å². The first kappa shape index (κ1) is 7.56. The lowest BCUT2D eigenvalue weighted by molar-refractivity contribution is -0.144. The summed E-state index contributed by atoms with van der Waals surface area (Å²) in [6, 6.07) is 0.575. The summed E-state index contributed by atoms with van der Waals surface area (Å²) in [5.41, 5.74) is 0.116. The standard InChI is InChI=1S/C9H17NO/c1-9(2)7-6(8(9)11)4-3-5-10-7/h6-8,10-11H,3-5H2,1-2H3. The average molecular weight is 155 g/mol. The van der Waals surface area contributed by atoms with Crippen LogP contribution in [0.2, 0.25) is 0 Å². The van der Waals surface area contributed by atoms with Crippen molar-refractivity contribution in [2.45, 2.75) is 38.8 Å². The first-order chi connectivity index (χ1) is 5.14. The number of aliphatic hydroxyl groups excluding tert-OH is 1. The fourth-order valence-corrected chi connectivity index (χ4v) is 2.69. The fourth-order valence-electron chi connectivity index (χ4n) is 2.69. The van der Waals surface area contributed by atoms with E-state index in [2.05, 4.69) is 19.2 Å². The maximum absolute atomic E-state index is 9.73. The summed E-state index contributed by atoms with van der Waals surface area (Å²) in [5, 5.41) is 13.2. The summed E-state index contributed by atoms with van der Waals surface area (Å²) < 4.78 is 0. The van der Waals surface area contributed by atoms with Crippen LogP contribution in [-0.2, 0) is 0 Å². The second-order valence-corrected chi connectivity index (χ2v) is 4.50. The Morgan fingerprint density at radius 3 is 2.82 bits per heavy atom. The molecule has 0 amide bonds. The minimum atomic E-state index is -0.0692. The molecular formula is C9H17NO. The van der Waals surface area contributed by atoms with Gasteiger partial charge < -0.3 is 10.4 Å². The number of nitrogens with one attached hydrogen (secondary N) is 1. The molecule has 2 aliphatic rings. The van der Waals surface area contributed by atoms with E-state index >= 15 is 0 Å². The van der Waals surface area contributed by atoms with Crippen LogP contribution < -0.4 is 5.32 Å². The molecule has 0 aromatic rings. The van der Waals surface area contributed by atoms with Crippen molar-refractivity contribution in [1.29, 1.82) is 0 Å². The number of piperidine rings is 1. The number of aliphatic hydroxyl groups is 1. The Morgan fingerprint density at radius 2 is 2.18 bits per heavy atom. The first-order valence-electron chi connectivity index (χ1n) is 4.55. The topological polar surface area (TPSA) is 32.3 Å². The van der Waals surface area contributed by atoms with Gasteiger partial charge in [0.25, 0.3) is 0 Å². The minimum absolute atomic E-state index is 0.0692. The Balaban J connectivity index is 2.09. The third kappa shape index (κ3) is 0.859. The number of rotatable bonds is 0. The predicted octanol–water partition coefficient (Wildman–Crippen LogP) is 0.755. The van der Waals surface area contributed by atoms with Crippen LogP contribution in [0, 0.1) is 11.3 Å². The van der Waals surface area contributed by atoms with Gasteiger partial charge in [0.1, 0.15) is 0 Å². The SMILES string of the molecule is CC1(C)C(O)C2CCCNC21.